The van der Waals surface area contributed by atoms with Crippen molar-refractivity contribution in [3.63, 3.8) is 0 Å². The summed E-state index contributed by atoms with van der Waals surface area (Å²) in [7, 11) is 0. The van der Waals surface area contributed by atoms with Crippen LogP contribution in [0, 0.1) is 13.8 Å². The summed E-state index contributed by atoms with van der Waals surface area (Å²) in [6.45, 7) is 4.16. The van der Waals surface area contributed by atoms with Gasteiger partial charge in [-0.2, -0.15) is 0 Å². The van der Waals surface area contributed by atoms with Crippen molar-refractivity contribution in [2.24, 2.45) is 0 Å². The highest BCUT2D eigenvalue weighted by molar-refractivity contribution is 6.31. The Kier molecular flexibility index (Phi) is 5.49. The van der Waals surface area contributed by atoms with Gasteiger partial charge in [-0.1, -0.05) is 48.0 Å². The summed E-state index contributed by atoms with van der Waals surface area (Å²) in [5, 5.41) is 6.63. The second-order valence-corrected chi connectivity index (χ2v) is 6.34. The van der Waals surface area contributed by atoms with Crippen molar-refractivity contribution in [2.45, 2.75) is 20.4 Å². The number of carbonyl (C=O) groups excluding carboxylic acids is 1. The van der Waals surface area contributed by atoms with Crippen molar-refractivity contribution in [2.75, 3.05) is 5.32 Å². The molecule has 1 heterocycles. The highest BCUT2D eigenvalue weighted by Crippen LogP contribution is 2.18. The van der Waals surface area contributed by atoms with Gasteiger partial charge in [0, 0.05) is 22.9 Å². The Morgan fingerprint density at radius 2 is 1.77 bits per heavy atom. The molecule has 0 atom stereocenters. The maximum atomic E-state index is 12.5. The minimum atomic E-state index is -0.275. The Bertz CT molecular complexity index is 943. The molecule has 3 aromatic rings. The number of amides is 1. The molecule has 0 spiro atoms. The van der Waals surface area contributed by atoms with E-state index in [1.165, 1.54) is 0 Å². The van der Waals surface area contributed by atoms with Crippen molar-refractivity contribution in [1.29, 1.82) is 0 Å². The summed E-state index contributed by atoms with van der Waals surface area (Å²) in [5.74, 6) is 0.116. The van der Waals surface area contributed by atoms with Gasteiger partial charge in [-0.25, -0.2) is 9.97 Å². The monoisotopic (exact) mass is 366 g/mol. The second-order valence-electron chi connectivity index (χ2n) is 5.93. The third-order valence-corrected chi connectivity index (χ3v) is 4.24. The van der Waals surface area contributed by atoms with E-state index >= 15 is 0 Å². The van der Waals surface area contributed by atoms with Crippen LogP contribution in [-0.4, -0.2) is 15.9 Å². The summed E-state index contributed by atoms with van der Waals surface area (Å²) in [6.07, 6.45) is 0. The number of nitrogens with zero attached hydrogens (tertiary/aromatic N) is 2. The Morgan fingerprint density at radius 1 is 1.04 bits per heavy atom. The Hall–Kier alpha value is -2.92. The predicted molar refractivity (Wildman–Crippen MR) is 104 cm³/mol. The number of aromatic nitrogens is 2. The number of aryl methyl sites for hydroxylation is 2. The summed E-state index contributed by atoms with van der Waals surface area (Å²) in [5.41, 5.74) is 3.84. The first kappa shape index (κ1) is 17.9. The minimum absolute atomic E-state index is 0.275. The molecular weight excluding hydrogens is 348 g/mol. The topological polar surface area (TPSA) is 66.9 Å². The van der Waals surface area contributed by atoms with Gasteiger partial charge in [-0.05, 0) is 43.2 Å². The van der Waals surface area contributed by atoms with Gasteiger partial charge in [0.25, 0.3) is 5.91 Å². The maximum Gasteiger partial charge on any atom is 0.270 e. The van der Waals surface area contributed by atoms with Crippen LogP contribution in [0.3, 0.4) is 0 Å². The van der Waals surface area contributed by atoms with Crippen LogP contribution in [0.5, 0.6) is 0 Å². The zero-order valence-electron chi connectivity index (χ0n) is 14.6. The third kappa shape index (κ3) is 4.37. The summed E-state index contributed by atoms with van der Waals surface area (Å²) >= 11 is 6.12. The molecule has 2 N–H and O–H groups in total. The fraction of sp³-hybridized carbons (Fsp3) is 0.150. The fourth-order valence-electron chi connectivity index (χ4n) is 2.48. The van der Waals surface area contributed by atoms with E-state index in [-0.39, 0.29) is 5.91 Å². The molecule has 0 bridgehead atoms. The molecule has 1 amide bonds. The Morgan fingerprint density at radius 3 is 2.54 bits per heavy atom. The van der Waals surface area contributed by atoms with Gasteiger partial charge in [-0.3, -0.25) is 4.79 Å². The molecule has 0 unspecified atom stereocenters. The number of para-hydroxylation sites is 1. The van der Waals surface area contributed by atoms with Crippen LogP contribution >= 0.6 is 11.6 Å². The molecule has 6 heteroatoms. The van der Waals surface area contributed by atoms with Crippen molar-refractivity contribution in [3.05, 3.63) is 82.1 Å². The third-order valence-electron chi connectivity index (χ3n) is 3.88. The number of hydrogen-bond donors (Lipinski definition) is 2. The van der Waals surface area contributed by atoms with Gasteiger partial charge in [0.05, 0.1) is 0 Å². The quantitative estimate of drug-likeness (QED) is 0.701. The zero-order valence-corrected chi connectivity index (χ0v) is 15.3. The number of hydrogen-bond acceptors (Lipinski definition) is 4. The second kappa shape index (κ2) is 7.97. The molecule has 1 aromatic heterocycles. The lowest BCUT2D eigenvalue weighted by atomic mass is 10.2. The lowest BCUT2D eigenvalue weighted by molar-refractivity contribution is 0.0946. The highest BCUT2D eigenvalue weighted by atomic mass is 35.5. The molecule has 26 heavy (non-hydrogen) atoms. The number of carbonyl (C=O) groups is 1. The molecule has 132 valence electrons. The number of nitrogens with one attached hydrogen (secondary N) is 2. The van der Waals surface area contributed by atoms with Crippen molar-refractivity contribution in [1.82, 2.24) is 15.3 Å². The van der Waals surface area contributed by atoms with Crippen molar-refractivity contribution in [3.8, 4) is 0 Å². The lowest BCUT2D eigenvalue weighted by Gasteiger charge is -2.11. The molecule has 0 radical (unpaired) electrons. The average molecular weight is 367 g/mol. The SMILES string of the molecule is Cc1cc(C(=O)NCc2ccccc2Cl)nc(Nc2ccccc2C)n1. The summed E-state index contributed by atoms with van der Waals surface area (Å²) < 4.78 is 0. The lowest BCUT2D eigenvalue weighted by Crippen LogP contribution is -2.24. The first-order valence-electron chi connectivity index (χ1n) is 8.23. The van der Waals surface area contributed by atoms with Gasteiger partial charge < -0.3 is 10.6 Å². The average Bonchev–Trinajstić information content (AvgIpc) is 2.62. The maximum absolute atomic E-state index is 12.5. The van der Waals surface area contributed by atoms with E-state index in [1.54, 1.807) is 12.1 Å². The number of rotatable bonds is 5. The highest BCUT2D eigenvalue weighted by Gasteiger charge is 2.12. The molecule has 5 nitrogen and oxygen atoms in total. The fourth-order valence-corrected chi connectivity index (χ4v) is 2.68. The molecule has 0 saturated carbocycles. The predicted octanol–water partition coefficient (Wildman–Crippen LogP) is 4.42. The largest absolute Gasteiger partial charge is 0.347 e. The first-order chi connectivity index (χ1) is 12.5. The van der Waals surface area contributed by atoms with Crippen LogP contribution in [0.4, 0.5) is 11.6 Å². The molecule has 0 aliphatic rings. The van der Waals surface area contributed by atoms with E-state index in [0.29, 0.717) is 28.9 Å². The Balaban J connectivity index is 1.75. The van der Waals surface area contributed by atoms with Crippen molar-refractivity contribution < 1.29 is 4.79 Å². The molecule has 0 fully saturated rings. The van der Waals surface area contributed by atoms with Crippen LogP contribution in [-0.2, 0) is 6.54 Å². The van der Waals surface area contributed by atoms with Crippen LogP contribution in [0.25, 0.3) is 0 Å². The first-order valence-corrected chi connectivity index (χ1v) is 8.60. The molecular formula is C20H19ClN4O. The number of anilines is 2. The van der Waals surface area contributed by atoms with Gasteiger partial charge in [0.15, 0.2) is 0 Å². The van der Waals surface area contributed by atoms with Gasteiger partial charge >= 0.3 is 0 Å². The van der Waals surface area contributed by atoms with E-state index in [9.17, 15) is 4.79 Å². The zero-order chi connectivity index (χ0) is 18.5. The molecule has 0 aliphatic carbocycles. The summed E-state index contributed by atoms with van der Waals surface area (Å²) in [6, 6.07) is 16.9. The molecule has 2 aromatic carbocycles. The van der Waals surface area contributed by atoms with E-state index < -0.39 is 0 Å². The molecule has 0 saturated heterocycles. The molecule has 3 rings (SSSR count). The van der Waals surface area contributed by atoms with Crippen molar-refractivity contribution >= 4 is 29.1 Å². The van der Waals surface area contributed by atoms with Gasteiger partial charge in [0.1, 0.15) is 5.69 Å². The Labute approximate surface area is 157 Å². The minimum Gasteiger partial charge on any atom is -0.347 e. The van der Waals surface area contributed by atoms with Gasteiger partial charge in [0.2, 0.25) is 5.95 Å². The normalized spacial score (nSPS) is 10.4. The van der Waals surface area contributed by atoms with Crippen LogP contribution < -0.4 is 10.6 Å². The summed E-state index contributed by atoms with van der Waals surface area (Å²) in [4.78, 5) is 21.2. The van der Waals surface area contributed by atoms with Crippen LogP contribution in [0.15, 0.2) is 54.6 Å². The van der Waals surface area contributed by atoms with E-state index in [0.717, 1.165) is 16.8 Å². The van der Waals surface area contributed by atoms with Crippen LogP contribution in [0.2, 0.25) is 5.02 Å². The molecule has 0 aliphatic heterocycles. The van der Waals surface area contributed by atoms with Crippen LogP contribution in [0.1, 0.15) is 27.3 Å². The van der Waals surface area contributed by atoms with E-state index in [4.69, 9.17) is 11.6 Å². The standard InChI is InChI=1S/C20H19ClN4O/c1-13-7-3-6-10-17(13)24-20-23-14(2)11-18(25-20)19(26)22-12-15-8-4-5-9-16(15)21/h3-11H,12H2,1-2H3,(H,22,26)(H,23,24,25). The number of benzene rings is 2. The number of halogens is 1. The van der Waals surface area contributed by atoms with Gasteiger partial charge in [-0.15, -0.1) is 0 Å². The van der Waals surface area contributed by atoms with E-state index in [2.05, 4.69) is 20.6 Å². The smallest absolute Gasteiger partial charge is 0.270 e. The van der Waals surface area contributed by atoms with E-state index in [1.807, 2.05) is 56.3 Å².